The summed E-state index contributed by atoms with van der Waals surface area (Å²) in [6, 6.07) is -1.33. The molecule has 1 heterocycles. The summed E-state index contributed by atoms with van der Waals surface area (Å²) in [5.41, 5.74) is 0. The zero-order valence-corrected chi connectivity index (χ0v) is 7.07. The van der Waals surface area contributed by atoms with Crippen LogP contribution in [-0.2, 0) is 4.79 Å². The van der Waals surface area contributed by atoms with Gasteiger partial charge in [0.05, 0.1) is 12.6 Å². The number of rotatable bonds is 2. The molecule has 68 valence electrons. The van der Waals surface area contributed by atoms with Crippen LogP contribution >= 0.6 is 0 Å². The molecule has 0 bridgehead atoms. The lowest BCUT2D eigenvalue weighted by atomic mass is 10.3. The number of carbonyl (C=O) groups excluding carboxylic acids is 2. The van der Waals surface area contributed by atoms with Crippen LogP contribution in [0.4, 0.5) is 4.79 Å². The van der Waals surface area contributed by atoms with E-state index in [1.165, 1.54) is 0 Å². The van der Waals surface area contributed by atoms with Crippen molar-refractivity contribution in [2.75, 3.05) is 6.61 Å². The lowest BCUT2D eigenvalue weighted by Gasteiger charge is -2.18. The number of hydrogen-bond donors (Lipinski definition) is 2. The van der Waals surface area contributed by atoms with Crippen molar-refractivity contribution in [1.29, 1.82) is 0 Å². The van der Waals surface area contributed by atoms with Crippen LogP contribution in [0.5, 0.6) is 0 Å². The van der Waals surface area contributed by atoms with Crippen molar-refractivity contribution < 1.29 is 14.7 Å². The molecule has 5 nitrogen and oxygen atoms in total. The van der Waals surface area contributed by atoms with Gasteiger partial charge in [-0.1, -0.05) is 0 Å². The Morgan fingerprint density at radius 3 is 2.58 bits per heavy atom. The third-order valence-corrected chi connectivity index (χ3v) is 1.87. The van der Waals surface area contributed by atoms with Crippen LogP contribution in [0.1, 0.15) is 13.8 Å². The molecule has 0 aromatic heterocycles. The smallest absolute Gasteiger partial charge is 0.325 e. The van der Waals surface area contributed by atoms with Crippen molar-refractivity contribution in [3.8, 4) is 0 Å². The standard InChI is InChI=1S/C7H12N2O3/c1-4(3-10)9-6(11)5(2)8-7(9)12/h4-5,10H,3H2,1-2H3,(H,8,12)/t4?,5-/m0/s1. The second kappa shape index (κ2) is 3.10. The number of urea groups is 1. The summed E-state index contributed by atoms with van der Waals surface area (Å²) >= 11 is 0. The maximum atomic E-state index is 11.2. The summed E-state index contributed by atoms with van der Waals surface area (Å²) in [6.07, 6.45) is 0. The number of carbonyl (C=O) groups is 2. The average molecular weight is 172 g/mol. The molecule has 1 aliphatic heterocycles. The second-order valence-electron chi connectivity index (χ2n) is 2.91. The summed E-state index contributed by atoms with van der Waals surface area (Å²) < 4.78 is 0. The van der Waals surface area contributed by atoms with E-state index < -0.39 is 18.1 Å². The van der Waals surface area contributed by atoms with Crippen molar-refractivity contribution in [2.24, 2.45) is 0 Å². The fourth-order valence-corrected chi connectivity index (χ4v) is 1.12. The van der Waals surface area contributed by atoms with Gasteiger partial charge in [0.15, 0.2) is 0 Å². The molecule has 1 unspecified atom stereocenters. The van der Waals surface area contributed by atoms with E-state index in [9.17, 15) is 9.59 Å². The van der Waals surface area contributed by atoms with E-state index in [2.05, 4.69) is 5.32 Å². The Hall–Kier alpha value is -1.10. The molecule has 1 saturated heterocycles. The van der Waals surface area contributed by atoms with Crippen molar-refractivity contribution in [1.82, 2.24) is 10.2 Å². The molecule has 0 spiro atoms. The van der Waals surface area contributed by atoms with E-state index in [1.807, 2.05) is 0 Å². The summed E-state index contributed by atoms with van der Waals surface area (Å²) in [4.78, 5) is 23.4. The van der Waals surface area contributed by atoms with Gasteiger partial charge in [-0.15, -0.1) is 0 Å². The van der Waals surface area contributed by atoms with E-state index >= 15 is 0 Å². The number of aliphatic hydroxyl groups excluding tert-OH is 1. The first-order valence-corrected chi connectivity index (χ1v) is 3.82. The molecule has 5 heteroatoms. The van der Waals surface area contributed by atoms with E-state index in [0.717, 1.165) is 4.90 Å². The Balaban J connectivity index is 2.76. The van der Waals surface area contributed by atoms with Crippen LogP contribution in [-0.4, -0.2) is 40.6 Å². The van der Waals surface area contributed by atoms with Crippen LogP contribution < -0.4 is 5.32 Å². The normalized spacial score (nSPS) is 25.9. The zero-order valence-electron chi connectivity index (χ0n) is 7.07. The van der Waals surface area contributed by atoms with E-state index in [1.54, 1.807) is 13.8 Å². The Kier molecular flexibility index (Phi) is 2.32. The molecular formula is C7H12N2O3. The lowest BCUT2D eigenvalue weighted by molar-refractivity contribution is -0.129. The topological polar surface area (TPSA) is 69.6 Å². The maximum Gasteiger partial charge on any atom is 0.325 e. The summed E-state index contributed by atoms with van der Waals surface area (Å²) in [5.74, 6) is -0.276. The molecule has 2 atom stereocenters. The van der Waals surface area contributed by atoms with Crippen molar-refractivity contribution in [3.63, 3.8) is 0 Å². The highest BCUT2D eigenvalue weighted by atomic mass is 16.3. The third-order valence-electron chi connectivity index (χ3n) is 1.87. The Morgan fingerprint density at radius 1 is 1.67 bits per heavy atom. The molecule has 2 N–H and O–H groups in total. The molecule has 0 aromatic rings. The van der Waals surface area contributed by atoms with Gasteiger partial charge in [-0.05, 0) is 13.8 Å². The van der Waals surface area contributed by atoms with Gasteiger partial charge in [0.1, 0.15) is 6.04 Å². The minimum atomic E-state index is -0.466. The number of aliphatic hydroxyl groups is 1. The van der Waals surface area contributed by atoms with E-state index in [-0.39, 0.29) is 12.5 Å². The summed E-state index contributed by atoms with van der Waals surface area (Å²) in [5, 5.41) is 11.2. The van der Waals surface area contributed by atoms with Crippen molar-refractivity contribution >= 4 is 11.9 Å². The highest BCUT2D eigenvalue weighted by Gasteiger charge is 2.37. The van der Waals surface area contributed by atoms with Gasteiger partial charge < -0.3 is 10.4 Å². The van der Waals surface area contributed by atoms with Gasteiger partial charge in [-0.25, -0.2) is 4.79 Å². The van der Waals surface area contributed by atoms with Crippen molar-refractivity contribution in [2.45, 2.75) is 25.9 Å². The van der Waals surface area contributed by atoms with Gasteiger partial charge >= 0.3 is 6.03 Å². The molecule has 0 aliphatic carbocycles. The van der Waals surface area contributed by atoms with Crippen molar-refractivity contribution in [3.05, 3.63) is 0 Å². The molecule has 1 fully saturated rings. The maximum absolute atomic E-state index is 11.2. The monoisotopic (exact) mass is 172 g/mol. The summed E-state index contributed by atoms with van der Waals surface area (Å²) in [6.45, 7) is 3.03. The quantitative estimate of drug-likeness (QED) is 0.541. The van der Waals surface area contributed by atoms with E-state index in [4.69, 9.17) is 5.11 Å². The lowest BCUT2D eigenvalue weighted by Crippen LogP contribution is -2.41. The predicted octanol–water partition coefficient (Wildman–Crippen LogP) is -0.693. The number of nitrogens with one attached hydrogen (secondary N) is 1. The minimum Gasteiger partial charge on any atom is -0.394 e. The molecule has 0 saturated carbocycles. The van der Waals surface area contributed by atoms with Crippen LogP contribution in [0.2, 0.25) is 0 Å². The first-order valence-electron chi connectivity index (χ1n) is 3.82. The minimum absolute atomic E-state index is 0.203. The highest BCUT2D eigenvalue weighted by molar-refractivity contribution is 6.04. The third kappa shape index (κ3) is 1.27. The summed E-state index contributed by atoms with van der Waals surface area (Å²) in [7, 11) is 0. The fourth-order valence-electron chi connectivity index (χ4n) is 1.12. The van der Waals surface area contributed by atoms with Gasteiger partial charge in [0.25, 0.3) is 5.91 Å². The molecule has 3 amide bonds. The highest BCUT2D eigenvalue weighted by Crippen LogP contribution is 2.09. The molecule has 1 rings (SSSR count). The molecule has 0 radical (unpaired) electrons. The fraction of sp³-hybridized carbons (Fsp3) is 0.714. The van der Waals surface area contributed by atoms with Crippen LogP contribution in [0.3, 0.4) is 0 Å². The first-order chi connectivity index (χ1) is 5.57. The second-order valence-corrected chi connectivity index (χ2v) is 2.91. The molecular weight excluding hydrogens is 160 g/mol. The number of nitrogens with zero attached hydrogens (tertiary/aromatic N) is 1. The van der Waals surface area contributed by atoms with Crippen LogP contribution in [0.25, 0.3) is 0 Å². The van der Waals surface area contributed by atoms with Crippen LogP contribution in [0, 0.1) is 0 Å². The molecule has 12 heavy (non-hydrogen) atoms. The Morgan fingerprint density at radius 2 is 2.25 bits per heavy atom. The van der Waals surface area contributed by atoms with Gasteiger partial charge in [-0.3, -0.25) is 9.69 Å². The van der Waals surface area contributed by atoms with Gasteiger partial charge in [-0.2, -0.15) is 0 Å². The number of amides is 3. The predicted molar refractivity (Wildman–Crippen MR) is 41.4 cm³/mol. The van der Waals surface area contributed by atoms with Gasteiger partial charge in [0, 0.05) is 0 Å². The Labute approximate surface area is 70.4 Å². The number of hydrogen-bond acceptors (Lipinski definition) is 3. The largest absolute Gasteiger partial charge is 0.394 e. The SMILES string of the molecule is CC(CO)N1C(=O)N[C@@H](C)C1=O. The first kappa shape index (κ1) is 8.99. The van der Waals surface area contributed by atoms with E-state index in [0.29, 0.717) is 0 Å². The molecule has 0 aromatic carbocycles. The Bertz CT molecular complexity index is 217. The van der Waals surface area contributed by atoms with Gasteiger partial charge in [0.2, 0.25) is 0 Å². The molecule has 1 aliphatic rings. The van der Waals surface area contributed by atoms with Crippen LogP contribution in [0.15, 0.2) is 0 Å². The average Bonchev–Trinajstić information content (AvgIpc) is 2.26. The zero-order chi connectivity index (χ0) is 9.30. The number of imide groups is 1.